The smallest absolute Gasteiger partial charge is 0.317 e. The molecular formula is C64H104O31. The number of aliphatic hydroxyl groups excluding tert-OH is 18. The fourth-order valence-electron chi connectivity index (χ4n) is 19.1. The number of fused-ring (bicyclic) bond motifs is 7. The lowest BCUT2D eigenvalue weighted by atomic mass is 9.33. The summed E-state index contributed by atoms with van der Waals surface area (Å²) in [5.41, 5.74) is -4.48. The zero-order valence-corrected chi connectivity index (χ0v) is 55.0. The first-order chi connectivity index (χ1) is 44.5. The summed E-state index contributed by atoms with van der Waals surface area (Å²) in [6.45, 7) is 14.2. The molecule has 6 aliphatic heterocycles. The SMILES string of the molecule is C[C@@H]1O[C@@H](O[C@@H]2[C@@H](O)[C@@H](O[C@@H]3O[C@@H](CO)[C@H](O)[C@H]3O)[C@H](OC(=O)[C@]34CCC(C)(C)C[C@H]3C3=CCC5[C@@]6(C)C[C@H](O)[C@H](O[C@@H]7O[C@@H](C)[C@H](O)[C@@H](O[C@@H]8OC[C@@H](O)[C@H](O)[C@H]8O[C@@H]8O[C@H](CO)[C@@H](O)[C@H](O)[C@H]8O)[C@H]7O)[C@@](C)(CO)C6CC[C@@]5(C)[C@]3(C)C[C@H]4O)O[C@H]2C)[C@H](O)[C@H](O)[C@H]1O. The predicted molar refractivity (Wildman–Crippen MR) is 316 cm³/mol. The minimum Gasteiger partial charge on any atom is -0.432 e. The van der Waals surface area contributed by atoms with E-state index in [1.165, 1.54) is 20.8 Å². The molecule has 0 aromatic heterocycles. The molecule has 0 aromatic rings. The zero-order valence-electron chi connectivity index (χ0n) is 55.0. The van der Waals surface area contributed by atoms with Gasteiger partial charge in [0.05, 0.1) is 63.1 Å². The third-order valence-electron chi connectivity index (χ3n) is 24.9. The van der Waals surface area contributed by atoms with Crippen LogP contribution < -0.4 is 0 Å². The van der Waals surface area contributed by atoms with Crippen molar-refractivity contribution in [1.29, 1.82) is 0 Å². The maximum Gasteiger partial charge on any atom is 0.317 e. The van der Waals surface area contributed by atoms with Crippen LogP contribution in [0.2, 0.25) is 0 Å². The third kappa shape index (κ3) is 12.3. The quantitative estimate of drug-likeness (QED) is 0.0414. The predicted octanol–water partition coefficient (Wildman–Crippen LogP) is -5.11. The molecule has 11 rings (SSSR count). The Morgan fingerprint density at radius 1 is 0.495 bits per heavy atom. The molecule has 546 valence electrons. The summed E-state index contributed by atoms with van der Waals surface area (Å²) in [6, 6.07) is 0. The zero-order chi connectivity index (χ0) is 69.5. The van der Waals surface area contributed by atoms with Crippen LogP contribution in [0.3, 0.4) is 0 Å². The molecule has 31 heteroatoms. The van der Waals surface area contributed by atoms with Crippen LogP contribution in [0, 0.1) is 50.2 Å². The third-order valence-corrected chi connectivity index (χ3v) is 24.9. The van der Waals surface area contributed by atoms with Gasteiger partial charge in [-0.1, -0.05) is 53.2 Å². The van der Waals surface area contributed by atoms with Crippen LogP contribution in [0.5, 0.6) is 0 Å². The molecule has 11 aliphatic rings. The highest BCUT2D eigenvalue weighted by atomic mass is 16.8. The Balaban J connectivity index is 0.837. The van der Waals surface area contributed by atoms with Crippen LogP contribution in [0.4, 0.5) is 0 Å². The summed E-state index contributed by atoms with van der Waals surface area (Å²) >= 11 is 0. The van der Waals surface area contributed by atoms with Crippen LogP contribution >= 0.6 is 0 Å². The first kappa shape index (κ1) is 74.2. The molecule has 6 heterocycles. The largest absolute Gasteiger partial charge is 0.432 e. The Kier molecular flexibility index (Phi) is 21.4. The molecular weight excluding hydrogens is 1260 g/mol. The molecule has 0 spiro atoms. The van der Waals surface area contributed by atoms with E-state index in [4.69, 9.17) is 56.8 Å². The highest BCUT2D eigenvalue weighted by Crippen LogP contribution is 2.76. The normalized spacial score (nSPS) is 56.3. The Bertz CT molecular complexity index is 2700. The molecule has 5 aliphatic carbocycles. The summed E-state index contributed by atoms with van der Waals surface area (Å²) < 4.78 is 72.2. The second kappa shape index (κ2) is 27.3. The lowest BCUT2D eigenvalue weighted by Crippen LogP contribution is -2.70. The van der Waals surface area contributed by atoms with Gasteiger partial charge in [0.2, 0.25) is 6.29 Å². The van der Waals surface area contributed by atoms with E-state index in [1.807, 2.05) is 0 Å². The second-order valence-corrected chi connectivity index (χ2v) is 31.0. The maximum absolute atomic E-state index is 15.7. The van der Waals surface area contributed by atoms with Crippen molar-refractivity contribution >= 4 is 5.97 Å². The summed E-state index contributed by atoms with van der Waals surface area (Å²) in [5, 5.41) is 200. The number of allylic oxidation sites excluding steroid dienone is 2. The van der Waals surface area contributed by atoms with E-state index in [1.54, 1.807) is 6.92 Å². The van der Waals surface area contributed by atoms with Gasteiger partial charge in [-0.05, 0) is 112 Å². The van der Waals surface area contributed by atoms with Crippen molar-refractivity contribution in [2.45, 2.75) is 304 Å². The number of esters is 1. The van der Waals surface area contributed by atoms with E-state index in [2.05, 4.69) is 40.7 Å². The van der Waals surface area contributed by atoms with E-state index >= 15 is 4.79 Å². The highest BCUT2D eigenvalue weighted by molar-refractivity contribution is 5.80. The molecule has 0 aromatic carbocycles. The summed E-state index contributed by atoms with van der Waals surface area (Å²) in [5.74, 6) is -2.10. The summed E-state index contributed by atoms with van der Waals surface area (Å²) in [6.07, 6.45) is -44.8. The second-order valence-electron chi connectivity index (χ2n) is 31.0. The standard InChI is InChI=1S/C64H104O31/c1-23-35(71)40(76)43(79)52(85-23)90-47-25(3)87-57(50(45(47)81)93-53-42(78)39(75)31(20-66)89-53)95-58(83)64-15-14-59(4,5)16-27(64)26-10-11-33-60(6)17-28(68)51(61(7,22-67)32(60)12-13-62(33,8)63(26,9)18-34(64)70)94-55-46(82)48(36(72)24(2)86-55)91-56-49(37(73)29(69)21-84-56)92-54-44(80)41(77)38(74)30(19-65)88-54/h10,23-25,27-57,65-82H,11-22H2,1-9H3/t23-,24-,25-,27-,28-,29+,30+,31-,32?,33?,34+,35-,36-,37-,38+,39-,40+,41-,42+,43+,44+,45+,46+,47-,48+,49+,50+,51-,52-,53-,54-,55-,56-,57-,60-,61-,62+,63+,64+/m0/s1. The minimum atomic E-state index is -1.93. The fourth-order valence-corrected chi connectivity index (χ4v) is 19.1. The molecule has 0 amide bonds. The van der Waals surface area contributed by atoms with Gasteiger partial charge in [0, 0.05) is 5.41 Å². The number of carbonyl (C=O) groups is 1. The van der Waals surface area contributed by atoms with Gasteiger partial charge in [0.15, 0.2) is 37.6 Å². The van der Waals surface area contributed by atoms with Gasteiger partial charge in [-0.3, -0.25) is 4.79 Å². The van der Waals surface area contributed by atoms with Crippen molar-refractivity contribution in [2.24, 2.45) is 50.2 Å². The van der Waals surface area contributed by atoms with Crippen molar-refractivity contribution < 1.29 is 154 Å². The Morgan fingerprint density at radius 3 is 1.63 bits per heavy atom. The summed E-state index contributed by atoms with van der Waals surface area (Å²) in [4.78, 5) is 15.7. The summed E-state index contributed by atoms with van der Waals surface area (Å²) in [7, 11) is 0. The van der Waals surface area contributed by atoms with Crippen molar-refractivity contribution in [1.82, 2.24) is 0 Å². The van der Waals surface area contributed by atoms with Crippen molar-refractivity contribution in [3.05, 3.63) is 11.6 Å². The van der Waals surface area contributed by atoms with E-state index < -0.39 is 256 Å². The molecule has 18 N–H and O–H groups in total. The molecule has 95 heavy (non-hydrogen) atoms. The van der Waals surface area contributed by atoms with Gasteiger partial charge < -0.3 is 149 Å². The molecule has 2 unspecified atom stereocenters. The number of ether oxygens (including phenoxy) is 12. The van der Waals surface area contributed by atoms with E-state index in [0.717, 1.165) is 5.57 Å². The average molecular weight is 1370 g/mol. The number of hydrogen-bond acceptors (Lipinski definition) is 31. The van der Waals surface area contributed by atoms with Gasteiger partial charge >= 0.3 is 5.97 Å². The van der Waals surface area contributed by atoms with Gasteiger partial charge in [0.25, 0.3) is 0 Å². The fraction of sp³-hybridized carbons (Fsp3) is 0.953. The van der Waals surface area contributed by atoms with E-state index in [0.29, 0.717) is 32.1 Å². The Morgan fingerprint density at radius 2 is 1.02 bits per heavy atom. The van der Waals surface area contributed by atoms with Crippen molar-refractivity contribution in [3.8, 4) is 0 Å². The Labute approximate surface area is 550 Å². The molecule has 6 saturated heterocycles. The molecule has 0 bridgehead atoms. The van der Waals surface area contributed by atoms with Gasteiger partial charge in [-0.2, -0.15) is 0 Å². The van der Waals surface area contributed by atoms with Crippen LogP contribution in [-0.4, -0.2) is 315 Å². The van der Waals surface area contributed by atoms with Gasteiger partial charge in [0.1, 0.15) is 115 Å². The number of carbonyl (C=O) groups excluding carboxylic acids is 1. The van der Waals surface area contributed by atoms with Crippen LogP contribution in [-0.2, 0) is 61.6 Å². The molecule has 39 atom stereocenters. The first-order valence-electron chi connectivity index (χ1n) is 33.6. The van der Waals surface area contributed by atoms with E-state index in [-0.39, 0.29) is 36.5 Å². The van der Waals surface area contributed by atoms with Gasteiger partial charge in [-0.15, -0.1) is 0 Å². The maximum atomic E-state index is 15.7. The minimum absolute atomic E-state index is 0.0754. The molecule has 0 radical (unpaired) electrons. The first-order valence-corrected chi connectivity index (χ1v) is 33.6. The number of rotatable bonds is 15. The average Bonchev–Trinajstić information content (AvgIpc) is 0.915. The molecule has 10 fully saturated rings. The topological polar surface area (TPSA) is 492 Å². The lowest BCUT2D eigenvalue weighted by Gasteiger charge is -2.72. The van der Waals surface area contributed by atoms with Crippen LogP contribution in [0.15, 0.2) is 11.6 Å². The van der Waals surface area contributed by atoms with Gasteiger partial charge in [-0.25, -0.2) is 0 Å². The molecule has 4 saturated carbocycles. The molecule has 31 nitrogen and oxygen atoms in total. The van der Waals surface area contributed by atoms with Crippen LogP contribution in [0.1, 0.15) is 114 Å². The highest BCUT2D eigenvalue weighted by Gasteiger charge is 2.74. The Hall–Kier alpha value is -1.95. The van der Waals surface area contributed by atoms with E-state index in [9.17, 15) is 91.9 Å². The monoisotopic (exact) mass is 1370 g/mol. The van der Waals surface area contributed by atoms with Crippen LogP contribution in [0.25, 0.3) is 0 Å². The number of aliphatic hydroxyl groups is 18. The van der Waals surface area contributed by atoms with Crippen molar-refractivity contribution in [3.63, 3.8) is 0 Å². The number of hydrogen-bond donors (Lipinski definition) is 18. The van der Waals surface area contributed by atoms with Crippen molar-refractivity contribution in [2.75, 3.05) is 26.4 Å². The lowest BCUT2D eigenvalue weighted by molar-refractivity contribution is -0.384.